The number of phosphoric acid groups is 1. The van der Waals surface area contributed by atoms with Crippen LogP contribution in [0.5, 0.6) is 0 Å². The fourth-order valence-electron chi connectivity index (χ4n) is 8.66. The molecule has 1 saturated carbocycles. The number of rotatable bonds is 19. The highest BCUT2D eigenvalue weighted by Crippen LogP contribution is 2.68. The number of hydrogen-bond acceptors (Lipinski definition) is 12. The van der Waals surface area contributed by atoms with Crippen LogP contribution in [0.4, 0.5) is 54.5 Å². The van der Waals surface area contributed by atoms with Gasteiger partial charge in [-0.25, -0.2) is 35.0 Å². The lowest BCUT2D eigenvalue weighted by Gasteiger charge is -2.25. The predicted octanol–water partition coefficient (Wildman–Crippen LogP) is 8.27. The number of nitrogens with zero attached hydrogens (tertiary/aromatic N) is 6. The van der Waals surface area contributed by atoms with Gasteiger partial charge in [-0.2, -0.15) is 49.6 Å². The summed E-state index contributed by atoms with van der Waals surface area (Å²) in [6.07, 6.45) is -12.6. The molecule has 1 fully saturated rings. The summed E-state index contributed by atoms with van der Waals surface area (Å²) in [5.41, 5.74) is -5.63. The van der Waals surface area contributed by atoms with E-state index in [2.05, 4.69) is 25.0 Å². The van der Waals surface area contributed by atoms with Gasteiger partial charge >= 0.3 is 26.3 Å². The van der Waals surface area contributed by atoms with Crippen molar-refractivity contribution in [1.82, 2.24) is 29.9 Å². The minimum absolute atomic E-state index is 0.0145. The second kappa shape index (κ2) is 20.2. The van der Waals surface area contributed by atoms with Crippen LogP contribution in [0.25, 0.3) is 22.0 Å². The molecule has 2 aliphatic rings. The second-order valence-electron chi connectivity index (χ2n) is 18.4. The van der Waals surface area contributed by atoms with Gasteiger partial charge in [0.1, 0.15) is 30.4 Å². The standard InChI is InChI=1S/C43H43ClF10N7O11PS2/c1-40(2,74(3,67)68)11-10-24-6-7-25(26-8-9-29(44)33-35(26)60(20-41(47,48)49)58-38(33)61(75(4,69)70)39(63)71-12-5-13-72-73(64,65)66)34(55-24)30(16-21-14-22(45)17-23(46)15-21)56-31(62)19-59-37-32(36(57-59)43(52,53)54)27-18-28(27)42(37,50)51/h6-9,14-15,17,27-28,30H,5,10-13,16,18-20H2,1-4H3,(H,56,62)(H2,64,65,66)/t27-,28?,30-/m0/s1. The molecule has 0 spiro atoms. The fraction of sp³-hybridized carbons (Fsp3) is 0.465. The molecule has 7 rings (SSSR count). The van der Waals surface area contributed by atoms with Crippen molar-refractivity contribution >= 4 is 68.0 Å². The number of fused-ring (bicyclic) bond motifs is 4. The van der Waals surface area contributed by atoms with Gasteiger partial charge in [0.2, 0.25) is 15.9 Å². The van der Waals surface area contributed by atoms with Crippen molar-refractivity contribution < 1.29 is 93.9 Å². The van der Waals surface area contributed by atoms with E-state index in [9.17, 15) is 66.1 Å². The van der Waals surface area contributed by atoms with Crippen LogP contribution in [-0.2, 0) is 76.5 Å². The summed E-state index contributed by atoms with van der Waals surface area (Å²) in [4.78, 5) is 50.3. The number of hydrogen-bond donors (Lipinski definition) is 3. The Morgan fingerprint density at radius 1 is 0.960 bits per heavy atom. The first kappa shape index (κ1) is 57.3. The number of carbonyl (C=O) groups excluding carboxylic acids is 2. The summed E-state index contributed by atoms with van der Waals surface area (Å²) in [5, 5.41) is 8.46. The maximum absolute atomic E-state index is 15.6. The third kappa shape index (κ3) is 12.6. The first-order chi connectivity index (χ1) is 34.4. The van der Waals surface area contributed by atoms with Gasteiger partial charge in [-0.1, -0.05) is 23.7 Å². The van der Waals surface area contributed by atoms with E-state index in [1.54, 1.807) is 0 Å². The highest BCUT2D eigenvalue weighted by Gasteiger charge is 2.68. The molecule has 0 radical (unpaired) electrons. The first-order valence-corrected chi connectivity index (χ1v) is 27.7. The van der Waals surface area contributed by atoms with Crippen molar-refractivity contribution in [3.05, 3.63) is 93.0 Å². The van der Waals surface area contributed by atoms with Crippen molar-refractivity contribution in [3.63, 3.8) is 0 Å². The Morgan fingerprint density at radius 2 is 1.60 bits per heavy atom. The molecule has 2 aliphatic carbocycles. The average molecular weight is 1150 g/mol. The number of phosphoric ester groups is 1. The molecule has 3 heterocycles. The molecule has 0 aliphatic heterocycles. The van der Waals surface area contributed by atoms with Crippen LogP contribution in [0.2, 0.25) is 5.02 Å². The largest absolute Gasteiger partial charge is 0.469 e. The SMILES string of the molecule is CC(C)(CCc1ccc(-c2ccc(Cl)c3c(N(C(=O)OCCCOP(=O)(O)O)S(C)(=O)=O)nn(CC(F)(F)F)c23)c([C@H](Cc2cc(F)cc(F)c2)NC(=O)Cn2nc(C(F)(F)F)c3c2C(F)(F)C2C[C@H]32)n1)S(C)(=O)=O. The lowest BCUT2D eigenvalue weighted by Crippen LogP contribution is -2.37. The Morgan fingerprint density at radius 3 is 2.19 bits per heavy atom. The quantitative estimate of drug-likeness (QED) is 0.0401. The lowest BCUT2D eigenvalue weighted by atomic mass is 9.93. The lowest BCUT2D eigenvalue weighted by molar-refractivity contribution is -0.143. The predicted molar refractivity (Wildman–Crippen MR) is 245 cm³/mol. The summed E-state index contributed by atoms with van der Waals surface area (Å²) in [5.74, 6) is -11.3. The average Bonchev–Trinajstić information content (AvgIpc) is 3.76. The topological polar surface area (TPSA) is 242 Å². The Bertz CT molecular complexity index is 3350. The molecule has 2 aromatic carbocycles. The summed E-state index contributed by atoms with van der Waals surface area (Å²) in [6.45, 7) is -2.05. The van der Waals surface area contributed by atoms with Crippen LogP contribution < -0.4 is 9.62 Å². The van der Waals surface area contributed by atoms with E-state index in [1.165, 1.54) is 26.0 Å². The number of benzene rings is 2. The minimum Gasteiger partial charge on any atom is -0.448 e. The van der Waals surface area contributed by atoms with E-state index < -0.39 is 176 Å². The van der Waals surface area contributed by atoms with Crippen molar-refractivity contribution in [1.29, 1.82) is 0 Å². The van der Waals surface area contributed by atoms with Crippen molar-refractivity contribution in [2.75, 3.05) is 30.0 Å². The summed E-state index contributed by atoms with van der Waals surface area (Å²) in [7, 11) is -13.7. The molecule has 3 aromatic heterocycles. The van der Waals surface area contributed by atoms with E-state index in [1.807, 2.05) is 0 Å². The molecule has 75 heavy (non-hydrogen) atoms. The van der Waals surface area contributed by atoms with Crippen LogP contribution in [0.3, 0.4) is 0 Å². The van der Waals surface area contributed by atoms with Crippen molar-refractivity contribution in [2.45, 2.75) is 94.0 Å². The van der Waals surface area contributed by atoms with Gasteiger partial charge in [-0.05, 0) is 75.3 Å². The van der Waals surface area contributed by atoms with Gasteiger partial charge < -0.3 is 19.8 Å². The van der Waals surface area contributed by atoms with Gasteiger partial charge in [-0.15, -0.1) is 0 Å². The number of ether oxygens (including phenoxy) is 1. The smallest absolute Gasteiger partial charge is 0.448 e. The number of aromatic nitrogens is 5. The maximum atomic E-state index is 15.6. The Balaban J connectivity index is 1.43. The van der Waals surface area contributed by atoms with E-state index in [0.29, 0.717) is 12.3 Å². The van der Waals surface area contributed by atoms with E-state index in [-0.39, 0.29) is 55.3 Å². The number of pyridine rings is 1. The zero-order valence-electron chi connectivity index (χ0n) is 39.3. The number of aryl methyl sites for hydroxylation is 1. The first-order valence-electron chi connectivity index (χ1n) is 22.0. The molecule has 3 N–H and O–H groups in total. The number of sulfonamides is 1. The number of carbonyl (C=O) groups is 2. The van der Waals surface area contributed by atoms with Crippen LogP contribution >= 0.6 is 19.4 Å². The molecule has 1 unspecified atom stereocenters. The molecule has 5 aromatic rings. The maximum Gasteiger partial charge on any atom is 0.469 e. The number of halogens is 11. The molecule has 3 atom stereocenters. The summed E-state index contributed by atoms with van der Waals surface area (Å²) in [6, 6.07) is 4.89. The van der Waals surface area contributed by atoms with Crippen molar-refractivity contribution in [3.8, 4) is 11.1 Å². The number of alkyl halides is 8. The molecule has 32 heteroatoms. The van der Waals surface area contributed by atoms with Crippen LogP contribution in [-0.4, -0.2) is 99.8 Å². The Kier molecular flexibility index (Phi) is 15.4. The third-order valence-corrected chi connectivity index (χ3v) is 16.4. The van der Waals surface area contributed by atoms with Crippen LogP contribution in [0.15, 0.2) is 42.5 Å². The fourth-order valence-corrected chi connectivity index (χ4v) is 10.5. The zero-order chi connectivity index (χ0) is 55.8. The van der Waals surface area contributed by atoms with E-state index >= 15 is 8.78 Å². The normalized spacial score (nSPS) is 17.2. The second-order valence-corrected chi connectivity index (χ2v) is 24.6. The monoisotopic (exact) mass is 1150 g/mol. The third-order valence-electron chi connectivity index (χ3n) is 12.4. The number of nitrogens with one attached hydrogen (secondary N) is 1. The van der Waals surface area contributed by atoms with Gasteiger partial charge in [0.05, 0.1) is 51.9 Å². The molecular formula is C43H43ClF10N7O11PS2. The molecular weight excluding hydrogens is 1110 g/mol. The Hall–Kier alpha value is -5.39. The Labute approximate surface area is 424 Å². The molecule has 0 saturated heterocycles. The van der Waals surface area contributed by atoms with Gasteiger partial charge in [0.25, 0.3) is 5.92 Å². The van der Waals surface area contributed by atoms with Gasteiger partial charge in [-0.3, -0.25) is 23.7 Å². The van der Waals surface area contributed by atoms with E-state index in [4.69, 9.17) is 26.1 Å². The van der Waals surface area contributed by atoms with Crippen LogP contribution in [0, 0.1) is 17.6 Å². The van der Waals surface area contributed by atoms with Crippen LogP contribution in [0.1, 0.15) is 79.0 Å². The van der Waals surface area contributed by atoms with Crippen molar-refractivity contribution in [2.24, 2.45) is 5.92 Å². The summed E-state index contributed by atoms with van der Waals surface area (Å²) < 4.78 is 218. The summed E-state index contributed by atoms with van der Waals surface area (Å²) >= 11 is 6.60. The zero-order valence-corrected chi connectivity index (χ0v) is 42.6. The van der Waals surface area contributed by atoms with Gasteiger partial charge in [0, 0.05) is 47.0 Å². The number of amides is 2. The highest BCUT2D eigenvalue weighted by molar-refractivity contribution is 7.92. The molecule has 0 bridgehead atoms. The van der Waals surface area contributed by atoms with E-state index in [0.717, 1.165) is 30.5 Å². The molecule has 410 valence electrons. The molecule has 18 nitrogen and oxygen atoms in total. The van der Waals surface area contributed by atoms with Gasteiger partial charge in [0.15, 0.2) is 21.3 Å². The minimum atomic E-state index is -5.24. The molecule has 2 amide bonds. The highest BCUT2D eigenvalue weighted by atomic mass is 35.5. The number of sulfone groups is 1. The number of anilines is 1.